The summed E-state index contributed by atoms with van der Waals surface area (Å²) in [5.41, 5.74) is 1.18. The third kappa shape index (κ3) is 7.10. The fraction of sp³-hybridized carbons (Fsp3) is 0.696. The molecule has 0 aromatic heterocycles. The van der Waals surface area contributed by atoms with E-state index in [9.17, 15) is 4.79 Å². The zero-order valence-corrected chi connectivity index (χ0v) is 17.3. The first-order valence-electron chi connectivity index (χ1n) is 11.0. The van der Waals surface area contributed by atoms with Gasteiger partial charge in [0.2, 0.25) is 5.91 Å². The molecule has 0 bridgehead atoms. The van der Waals surface area contributed by atoms with Gasteiger partial charge in [0.1, 0.15) is 5.75 Å². The average Bonchev–Trinajstić information content (AvgIpc) is 3.21. The molecule has 1 N–H and O–H groups in total. The van der Waals surface area contributed by atoms with E-state index < -0.39 is 0 Å². The number of piperidine rings is 1. The summed E-state index contributed by atoms with van der Waals surface area (Å²) in [5.74, 6) is 1.12. The second-order valence-electron chi connectivity index (χ2n) is 8.20. The van der Waals surface area contributed by atoms with Crippen molar-refractivity contribution in [2.24, 2.45) is 0 Å². The van der Waals surface area contributed by atoms with E-state index in [-0.39, 0.29) is 5.91 Å². The number of hydrogen-bond donors (Lipinski definition) is 1. The number of benzene rings is 1. The molecular formula is C23H36N2O3. The molecule has 5 heteroatoms. The average molecular weight is 389 g/mol. The van der Waals surface area contributed by atoms with Gasteiger partial charge in [-0.05, 0) is 69.1 Å². The summed E-state index contributed by atoms with van der Waals surface area (Å²) in [6.07, 6.45) is 9.73. The van der Waals surface area contributed by atoms with Gasteiger partial charge >= 0.3 is 0 Å². The van der Waals surface area contributed by atoms with Gasteiger partial charge in [0.15, 0.2) is 0 Å². The predicted octanol–water partition coefficient (Wildman–Crippen LogP) is 3.56. The highest BCUT2D eigenvalue weighted by Crippen LogP contribution is 2.24. The number of carbonyl (C=O) groups is 1. The van der Waals surface area contributed by atoms with Gasteiger partial charge in [0.25, 0.3) is 0 Å². The van der Waals surface area contributed by atoms with E-state index in [0.717, 1.165) is 70.5 Å². The van der Waals surface area contributed by atoms with Crippen LogP contribution in [-0.2, 0) is 16.0 Å². The van der Waals surface area contributed by atoms with Crippen LogP contribution in [0.25, 0.3) is 0 Å². The SMILES string of the molecule is COCCCN1CCC(NC(=O)CCc2cccc(OC3CCCC3)c2)CC1. The van der Waals surface area contributed by atoms with Crippen molar-refractivity contribution in [3.05, 3.63) is 29.8 Å². The molecule has 1 saturated carbocycles. The van der Waals surface area contributed by atoms with Crippen molar-refractivity contribution in [1.29, 1.82) is 0 Å². The normalized spacial score (nSPS) is 19.0. The van der Waals surface area contributed by atoms with Gasteiger partial charge < -0.3 is 19.7 Å². The standard InChI is InChI=1S/C23H36N2O3/c1-27-17-5-14-25-15-12-20(13-16-25)24-23(26)11-10-19-6-4-9-22(18-19)28-21-7-2-3-8-21/h4,6,9,18,20-21H,2-3,5,7-8,10-17H2,1H3,(H,24,26). The molecule has 156 valence electrons. The highest BCUT2D eigenvalue weighted by atomic mass is 16.5. The molecule has 1 amide bonds. The van der Waals surface area contributed by atoms with E-state index >= 15 is 0 Å². The molecule has 28 heavy (non-hydrogen) atoms. The maximum Gasteiger partial charge on any atom is 0.220 e. The minimum absolute atomic E-state index is 0.167. The molecule has 1 heterocycles. The Kier molecular flexibility index (Phi) is 8.62. The summed E-state index contributed by atoms with van der Waals surface area (Å²) in [7, 11) is 1.75. The van der Waals surface area contributed by atoms with E-state index in [4.69, 9.17) is 9.47 Å². The maximum absolute atomic E-state index is 12.4. The highest BCUT2D eigenvalue weighted by molar-refractivity contribution is 5.76. The molecule has 0 radical (unpaired) electrons. The molecule has 0 atom stereocenters. The van der Waals surface area contributed by atoms with Crippen LogP contribution in [-0.4, -0.2) is 56.3 Å². The lowest BCUT2D eigenvalue weighted by Crippen LogP contribution is -2.45. The van der Waals surface area contributed by atoms with Crippen molar-refractivity contribution in [2.75, 3.05) is 33.4 Å². The smallest absolute Gasteiger partial charge is 0.220 e. The summed E-state index contributed by atoms with van der Waals surface area (Å²) in [6.45, 7) is 4.04. The van der Waals surface area contributed by atoms with Gasteiger partial charge in [-0.2, -0.15) is 0 Å². The second-order valence-corrected chi connectivity index (χ2v) is 8.20. The van der Waals surface area contributed by atoms with Gasteiger partial charge in [-0.3, -0.25) is 4.79 Å². The molecule has 2 aliphatic rings. The van der Waals surface area contributed by atoms with Crippen molar-refractivity contribution in [2.45, 2.75) is 69.9 Å². The number of amides is 1. The van der Waals surface area contributed by atoms with Crippen molar-refractivity contribution < 1.29 is 14.3 Å². The number of methoxy groups -OCH3 is 1. The van der Waals surface area contributed by atoms with Crippen LogP contribution in [0.2, 0.25) is 0 Å². The fourth-order valence-electron chi connectivity index (χ4n) is 4.26. The fourth-order valence-corrected chi connectivity index (χ4v) is 4.26. The van der Waals surface area contributed by atoms with Crippen LogP contribution in [0.15, 0.2) is 24.3 Å². The van der Waals surface area contributed by atoms with E-state index in [1.54, 1.807) is 7.11 Å². The van der Waals surface area contributed by atoms with E-state index in [1.165, 1.54) is 18.4 Å². The third-order valence-corrected chi connectivity index (χ3v) is 5.92. The van der Waals surface area contributed by atoms with Crippen molar-refractivity contribution >= 4 is 5.91 Å². The first-order chi connectivity index (χ1) is 13.7. The molecule has 3 rings (SSSR count). The number of hydrogen-bond acceptors (Lipinski definition) is 4. The van der Waals surface area contributed by atoms with Gasteiger partial charge in [0.05, 0.1) is 6.10 Å². The van der Waals surface area contributed by atoms with Crippen LogP contribution in [0.4, 0.5) is 0 Å². The molecule has 0 unspecified atom stereocenters. The van der Waals surface area contributed by atoms with Crippen LogP contribution in [0.1, 0.15) is 56.9 Å². The minimum Gasteiger partial charge on any atom is -0.490 e. The molecule has 1 saturated heterocycles. The van der Waals surface area contributed by atoms with Crippen molar-refractivity contribution in [1.82, 2.24) is 10.2 Å². The van der Waals surface area contributed by atoms with Gasteiger partial charge in [-0.25, -0.2) is 0 Å². The second kappa shape index (κ2) is 11.4. The van der Waals surface area contributed by atoms with Gasteiger partial charge in [-0.15, -0.1) is 0 Å². The maximum atomic E-state index is 12.4. The van der Waals surface area contributed by atoms with E-state index in [0.29, 0.717) is 18.6 Å². The summed E-state index contributed by atoms with van der Waals surface area (Å²) in [4.78, 5) is 14.8. The zero-order valence-electron chi connectivity index (χ0n) is 17.3. The van der Waals surface area contributed by atoms with Crippen LogP contribution >= 0.6 is 0 Å². The van der Waals surface area contributed by atoms with Crippen LogP contribution in [0.5, 0.6) is 5.75 Å². The predicted molar refractivity (Wildman–Crippen MR) is 112 cm³/mol. The first kappa shape index (κ1) is 21.1. The number of likely N-dealkylation sites (tertiary alicyclic amines) is 1. The van der Waals surface area contributed by atoms with E-state index in [2.05, 4.69) is 22.3 Å². The Balaban J connectivity index is 1.34. The summed E-state index contributed by atoms with van der Waals surface area (Å²) >= 11 is 0. The first-order valence-corrected chi connectivity index (χ1v) is 11.0. The number of nitrogens with one attached hydrogen (secondary N) is 1. The Labute approximate surface area is 169 Å². The van der Waals surface area contributed by atoms with E-state index in [1.807, 2.05) is 12.1 Å². The molecule has 1 aliphatic carbocycles. The molecule has 5 nitrogen and oxygen atoms in total. The number of carbonyl (C=O) groups excluding carboxylic acids is 1. The summed E-state index contributed by atoms with van der Waals surface area (Å²) in [6, 6.07) is 8.58. The molecule has 1 aliphatic heterocycles. The molecule has 1 aromatic carbocycles. The van der Waals surface area contributed by atoms with Crippen molar-refractivity contribution in [3.8, 4) is 5.75 Å². The number of nitrogens with zero attached hydrogens (tertiary/aromatic N) is 1. The minimum atomic E-state index is 0.167. The quantitative estimate of drug-likeness (QED) is 0.623. The van der Waals surface area contributed by atoms with Crippen LogP contribution in [0, 0.1) is 0 Å². The summed E-state index contributed by atoms with van der Waals surface area (Å²) in [5, 5.41) is 3.23. The molecule has 2 fully saturated rings. The lowest BCUT2D eigenvalue weighted by atomic mass is 10.0. The Hall–Kier alpha value is -1.59. The lowest BCUT2D eigenvalue weighted by Gasteiger charge is -2.32. The molecular weight excluding hydrogens is 352 g/mol. The number of ether oxygens (including phenoxy) is 2. The molecule has 0 spiro atoms. The van der Waals surface area contributed by atoms with Crippen LogP contribution in [0.3, 0.4) is 0 Å². The van der Waals surface area contributed by atoms with Gasteiger partial charge in [0, 0.05) is 45.8 Å². The number of aryl methyl sites for hydroxylation is 1. The monoisotopic (exact) mass is 388 g/mol. The largest absolute Gasteiger partial charge is 0.490 e. The van der Waals surface area contributed by atoms with Crippen LogP contribution < -0.4 is 10.1 Å². The Morgan fingerprint density at radius 1 is 1.18 bits per heavy atom. The van der Waals surface area contributed by atoms with Gasteiger partial charge in [-0.1, -0.05) is 12.1 Å². The number of rotatable bonds is 10. The van der Waals surface area contributed by atoms with Crippen molar-refractivity contribution in [3.63, 3.8) is 0 Å². The topological polar surface area (TPSA) is 50.8 Å². The Morgan fingerprint density at radius 3 is 2.71 bits per heavy atom. The third-order valence-electron chi connectivity index (χ3n) is 5.92. The highest BCUT2D eigenvalue weighted by Gasteiger charge is 2.20. The Bertz CT molecular complexity index is 593. The summed E-state index contributed by atoms with van der Waals surface area (Å²) < 4.78 is 11.2. The zero-order chi connectivity index (χ0) is 19.6. The Morgan fingerprint density at radius 2 is 1.96 bits per heavy atom. The molecule has 1 aromatic rings. The lowest BCUT2D eigenvalue weighted by molar-refractivity contribution is -0.122.